The minimum absolute atomic E-state index is 0.00240. The lowest BCUT2D eigenvalue weighted by Crippen LogP contribution is -2.39. The third-order valence-corrected chi connectivity index (χ3v) is 8.90. The molecule has 0 amide bonds. The molecule has 0 saturated carbocycles. The molecule has 3 aromatic carbocycles. The van der Waals surface area contributed by atoms with Crippen molar-refractivity contribution in [2.45, 2.75) is 24.8 Å². The Labute approximate surface area is 250 Å². The predicted octanol–water partition coefficient (Wildman–Crippen LogP) is 4.23. The summed E-state index contributed by atoms with van der Waals surface area (Å²) in [5.41, 5.74) is 1.59. The molecule has 1 aliphatic rings. The van der Waals surface area contributed by atoms with Crippen LogP contribution in [0, 0.1) is 0 Å². The number of fused-ring (bicyclic) bond motifs is 1. The molecule has 12 heteroatoms. The minimum atomic E-state index is -4.09. The monoisotopic (exact) mass is 624 g/mol. The van der Waals surface area contributed by atoms with Crippen molar-refractivity contribution in [1.29, 1.82) is 0 Å². The number of esters is 1. The van der Waals surface area contributed by atoms with Gasteiger partial charge in [-0.15, -0.1) is 0 Å². The molecule has 1 aromatic heterocycles. The van der Waals surface area contributed by atoms with Crippen LogP contribution in [0.5, 0.6) is 11.5 Å². The van der Waals surface area contributed by atoms with E-state index in [2.05, 4.69) is 4.99 Å². The third-order valence-electron chi connectivity index (χ3n) is 6.42. The van der Waals surface area contributed by atoms with Crippen LogP contribution in [-0.4, -0.2) is 32.7 Å². The molecule has 0 saturated heterocycles. The van der Waals surface area contributed by atoms with E-state index in [1.165, 1.54) is 29.9 Å². The number of thiazole rings is 1. The number of aromatic nitrogens is 1. The van der Waals surface area contributed by atoms with Crippen molar-refractivity contribution in [2.75, 3.05) is 13.7 Å². The molecular formula is C30H25ClN2O7S2. The Bertz CT molecular complexity index is 1980. The van der Waals surface area contributed by atoms with E-state index in [0.29, 0.717) is 31.2 Å². The molecule has 0 spiro atoms. The van der Waals surface area contributed by atoms with Crippen LogP contribution in [0.1, 0.15) is 31.0 Å². The molecule has 42 heavy (non-hydrogen) atoms. The van der Waals surface area contributed by atoms with E-state index in [1.54, 1.807) is 74.5 Å². The number of allylic oxidation sites excluding steroid dienone is 1. The summed E-state index contributed by atoms with van der Waals surface area (Å²) in [4.78, 5) is 31.8. The molecule has 216 valence electrons. The molecule has 0 radical (unpaired) electrons. The average molecular weight is 625 g/mol. The number of benzene rings is 3. The normalized spacial score (nSPS) is 15.1. The van der Waals surface area contributed by atoms with Crippen LogP contribution in [0.3, 0.4) is 0 Å². The van der Waals surface area contributed by atoms with Gasteiger partial charge in [-0.3, -0.25) is 9.36 Å². The maximum atomic E-state index is 13.8. The van der Waals surface area contributed by atoms with Gasteiger partial charge in [0.1, 0.15) is 4.90 Å². The highest BCUT2D eigenvalue weighted by Gasteiger charge is 2.33. The van der Waals surface area contributed by atoms with E-state index in [1.807, 2.05) is 0 Å². The van der Waals surface area contributed by atoms with Crippen LogP contribution in [0.2, 0.25) is 5.02 Å². The molecule has 1 atom stereocenters. The summed E-state index contributed by atoms with van der Waals surface area (Å²) in [5, 5.41) is 0.516. The van der Waals surface area contributed by atoms with Crippen molar-refractivity contribution in [2.24, 2.45) is 4.99 Å². The number of rotatable bonds is 8. The lowest BCUT2D eigenvalue weighted by molar-refractivity contribution is -0.139. The van der Waals surface area contributed by atoms with Crippen molar-refractivity contribution >= 4 is 45.1 Å². The van der Waals surface area contributed by atoms with Crippen LogP contribution in [0.4, 0.5) is 0 Å². The summed E-state index contributed by atoms with van der Waals surface area (Å²) in [6, 6.07) is 18.5. The van der Waals surface area contributed by atoms with Gasteiger partial charge in [-0.1, -0.05) is 59.3 Å². The molecule has 0 unspecified atom stereocenters. The van der Waals surface area contributed by atoms with E-state index in [4.69, 9.17) is 25.3 Å². The highest BCUT2D eigenvalue weighted by atomic mass is 35.5. The van der Waals surface area contributed by atoms with Crippen molar-refractivity contribution < 1.29 is 26.9 Å². The first-order valence-corrected chi connectivity index (χ1v) is 15.4. The largest absolute Gasteiger partial charge is 0.493 e. The van der Waals surface area contributed by atoms with Crippen LogP contribution in [-0.2, 0) is 19.6 Å². The predicted molar refractivity (Wildman–Crippen MR) is 159 cm³/mol. The minimum Gasteiger partial charge on any atom is -0.493 e. The van der Waals surface area contributed by atoms with Crippen LogP contribution < -0.4 is 23.8 Å². The highest BCUT2D eigenvalue weighted by Crippen LogP contribution is 2.32. The van der Waals surface area contributed by atoms with Gasteiger partial charge in [-0.05, 0) is 67.4 Å². The number of ether oxygens (including phenoxy) is 2. The van der Waals surface area contributed by atoms with Gasteiger partial charge in [0.25, 0.3) is 5.56 Å². The SMILES string of the molecule is CCOC(=O)C1=C(C)N=c2s/c(=C\c3ccc(OS(=O)(=O)c4ccccc4)c(OC)c3)c(=O)n2[C@@H]1c1ccc(Cl)cc1. The van der Waals surface area contributed by atoms with Crippen LogP contribution >= 0.6 is 22.9 Å². The summed E-state index contributed by atoms with van der Waals surface area (Å²) >= 11 is 7.27. The molecule has 4 aromatic rings. The smallest absolute Gasteiger partial charge is 0.339 e. The standard InChI is InChI=1S/C30H25ClN2O7S2/c1-4-39-29(35)26-18(2)32-30-33(27(26)20-11-13-21(31)14-12-20)28(34)25(41-30)17-19-10-15-23(24(16-19)38-3)40-42(36,37)22-8-6-5-7-9-22/h5-17,27H,4H2,1-3H3/b25-17-/t27-/m1/s1. The first-order chi connectivity index (χ1) is 20.1. The zero-order valence-electron chi connectivity index (χ0n) is 22.7. The quantitative estimate of drug-likeness (QED) is 0.213. The molecule has 0 fully saturated rings. The summed E-state index contributed by atoms with van der Waals surface area (Å²) in [5.74, 6) is -0.397. The van der Waals surface area contributed by atoms with Gasteiger partial charge in [0.05, 0.1) is 35.6 Å². The van der Waals surface area contributed by atoms with Crippen LogP contribution in [0.25, 0.3) is 6.08 Å². The number of carbonyl (C=O) groups is 1. The Hall–Kier alpha value is -4.19. The third kappa shape index (κ3) is 5.76. The summed E-state index contributed by atoms with van der Waals surface area (Å²) < 4.78 is 43.3. The molecule has 0 aliphatic carbocycles. The Balaban J connectivity index is 1.58. The average Bonchev–Trinajstić information content (AvgIpc) is 3.27. The molecule has 5 rings (SSSR count). The first-order valence-electron chi connectivity index (χ1n) is 12.8. The van der Waals surface area contributed by atoms with Crippen molar-refractivity contribution in [3.05, 3.63) is 120 Å². The number of carbonyl (C=O) groups excluding carboxylic acids is 1. The number of methoxy groups -OCH3 is 1. The number of hydrogen-bond acceptors (Lipinski definition) is 9. The van der Waals surface area contributed by atoms with E-state index in [9.17, 15) is 18.0 Å². The van der Waals surface area contributed by atoms with Crippen molar-refractivity contribution in [3.63, 3.8) is 0 Å². The Morgan fingerprint density at radius 3 is 2.45 bits per heavy atom. The summed E-state index contributed by atoms with van der Waals surface area (Å²) in [6.07, 6.45) is 1.64. The van der Waals surface area contributed by atoms with E-state index >= 15 is 0 Å². The van der Waals surface area contributed by atoms with E-state index < -0.39 is 22.1 Å². The van der Waals surface area contributed by atoms with Crippen molar-refractivity contribution in [3.8, 4) is 11.5 Å². The summed E-state index contributed by atoms with van der Waals surface area (Å²) in [6.45, 7) is 3.59. The maximum Gasteiger partial charge on any atom is 0.339 e. The topological polar surface area (TPSA) is 113 Å². The van der Waals surface area contributed by atoms with Crippen molar-refractivity contribution in [1.82, 2.24) is 4.57 Å². The van der Waals surface area contributed by atoms with Gasteiger partial charge in [0.2, 0.25) is 0 Å². The second kappa shape index (κ2) is 12.0. The van der Waals surface area contributed by atoms with Gasteiger partial charge in [-0.25, -0.2) is 9.79 Å². The Morgan fingerprint density at radius 2 is 1.79 bits per heavy atom. The Morgan fingerprint density at radius 1 is 1.07 bits per heavy atom. The second-order valence-electron chi connectivity index (χ2n) is 9.11. The van der Waals surface area contributed by atoms with Crippen LogP contribution in [0.15, 0.2) is 98.7 Å². The molecule has 1 aliphatic heterocycles. The number of hydrogen-bond donors (Lipinski definition) is 0. The lowest BCUT2D eigenvalue weighted by Gasteiger charge is -2.24. The fourth-order valence-electron chi connectivity index (χ4n) is 4.50. The Kier molecular flexibility index (Phi) is 8.35. The maximum absolute atomic E-state index is 13.8. The number of nitrogens with zero attached hydrogens (tertiary/aromatic N) is 2. The van der Waals surface area contributed by atoms with Gasteiger partial charge in [0.15, 0.2) is 16.3 Å². The van der Waals surface area contributed by atoms with E-state index in [0.717, 1.165) is 11.3 Å². The summed E-state index contributed by atoms with van der Waals surface area (Å²) in [7, 11) is -2.70. The van der Waals surface area contributed by atoms with Gasteiger partial charge in [-0.2, -0.15) is 8.42 Å². The molecule has 0 bridgehead atoms. The van der Waals surface area contributed by atoms with Gasteiger partial charge in [0, 0.05) is 5.02 Å². The van der Waals surface area contributed by atoms with E-state index in [-0.39, 0.29) is 34.1 Å². The number of halogens is 1. The fraction of sp³-hybridized carbons (Fsp3) is 0.167. The van der Waals surface area contributed by atoms with Gasteiger partial charge >= 0.3 is 16.1 Å². The zero-order chi connectivity index (χ0) is 30.0. The lowest BCUT2D eigenvalue weighted by atomic mass is 9.96. The second-order valence-corrected chi connectivity index (χ2v) is 12.1. The first kappa shape index (κ1) is 29.3. The van der Waals surface area contributed by atoms with Gasteiger partial charge < -0.3 is 13.7 Å². The molecule has 9 nitrogen and oxygen atoms in total. The highest BCUT2D eigenvalue weighted by molar-refractivity contribution is 7.87. The molecule has 2 heterocycles. The fourth-order valence-corrected chi connectivity index (χ4v) is 6.63. The molecule has 0 N–H and O–H groups in total. The molecular weight excluding hydrogens is 600 g/mol. The zero-order valence-corrected chi connectivity index (χ0v) is 25.1.